The summed E-state index contributed by atoms with van der Waals surface area (Å²) in [6.45, 7) is 1.53. The second-order valence-electron chi connectivity index (χ2n) is 7.48. The van der Waals surface area contributed by atoms with Crippen molar-refractivity contribution in [3.63, 3.8) is 0 Å². The summed E-state index contributed by atoms with van der Waals surface area (Å²) in [5.74, 6) is -0.563. The van der Waals surface area contributed by atoms with E-state index in [9.17, 15) is 18.0 Å². The van der Waals surface area contributed by atoms with E-state index in [1.165, 1.54) is 12.1 Å². The summed E-state index contributed by atoms with van der Waals surface area (Å²) in [6, 6.07) is 5.85. The van der Waals surface area contributed by atoms with Gasteiger partial charge in [-0.25, -0.2) is 0 Å². The van der Waals surface area contributed by atoms with Gasteiger partial charge in [0, 0.05) is 25.0 Å². The predicted octanol–water partition coefficient (Wildman–Crippen LogP) is 3.75. The first-order valence-corrected chi connectivity index (χ1v) is 8.90. The molecule has 1 heterocycles. The van der Waals surface area contributed by atoms with Crippen molar-refractivity contribution in [2.24, 2.45) is 5.92 Å². The SMILES string of the molecule is CN(C)C[C@@H]1CCCCN1C(=O)[C@H]1C[C@@H]1c1ccccc1C(F)(F)F. The number of alkyl halides is 3. The van der Waals surface area contributed by atoms with Crippen LogP contribution in [0.25, 0.3) is 0 Å². The number of hydrogen-bond donors (Lipinski definition) is 0. The third-order valence-electron chi connectivity index (χ3n) is 5.26. The van der Waals surface area contributed by atoms with Crippen LogP contribution < -0.4 is 0 Å². The molecule has 1 aliphatic heterocycles. The number of hydrogen-bond acceptors (Lipinski definition) is 2. The Hall–Kier alpha value is -1.56. The summed E-state index contributed by atoms with van der Waals surface area (Å²) in [4.78, 5) is 16.9. The number of likely N-dealkylation sites (tertiary alicyclic amines) is 1. The van der Waals surface area contributed by atoms with Crippen LogP contribution in [0.15, 0.2) is 24.3 Å². The van der Waals surface area contributed by atoms with Gasteiger partial charge in [-0.05, 0) is 57.3 Å². The van der Waals surface area contributed by atoms with Gasteiger partial charge in [0.1, 0.15) is 0 Å². The number of rotatable bonds is 4. The number of carbonyl (C=O) groups is 1. The Morgan fingerprint density at radius 1 is 1.24 bits per heavy atom. The van der Waals surface area contributed by atoms with Gasteiger partial charge in [0.25, 0.3) is 0 Å². The molecule has 2 fully saturated rings. The van der Waals surface area contributed by atoms with Crippen LogP contribution in [0.1, 0.15) is 42.7 Å². The molecule has 1 aliphatic carbocycles. The first kappa shape index (κ1) is 18.2. The van der Waals surface area contributed by atoms with Crippen LogP contribution in [0.5, 0.6) is 0 Å². The molecule has 0 unspecified atom stereocenters. The Morgan fingerprint density at radius 3 is 2.64 bits per heavy atom. The van der Waals surface area contributed by atoms with Gasteiger partial charge in [0.15, 0.2) is 0 Å². The number of carbonyl (C=O) groups excluding carboxylic acids is 1. The third-order valence-corrected chi connectivity index (χ3v) is 5.26. The molecular weight excluding hydrogens is 329 g/mol. The molecule has 138 valence electrons. The molecule has 0 N–H and O–H groups in total. The number of piperidine rings is 1. The number of nitrogens with zero attached hydrogens (tertiary/aromatic N) is 2. The van der Waals surface area contributed by atoms with Gasteiger partial charge in [0.2, 0.25) is 5.91 Å². The molecular formula is C19H25F3N2O. The highest BCUT2D eigenvalue weighted by molar-refractivity contribution is 5.83. The normalized spacial score (nSPS) is 26.8. The zero-order chi connectivity index (χ0) is 18.2. The van der Waals surface area contributed by atoms with E-state index in [2.05, 4.69) is 4.90 Å². The van der Waals surface area contributed by atoms with Crippen molar-refractivity contribution < 1.29 is 18.0 Å². The lowest BCUT2D eigenvalue weighted by molar-refractivity contribution is -0.139. The largest absolute Gasteiger partial charge is 0.416 e. The molecule has 1 amide bonds. The summed E-state index contributed by atoms with van der Waals surface area (Å²) < 4.78 is 39.7. The Kier molecular flexibility index (Phi) is 5.09. The van der Waals surface area contributed by atoms with Crippen molar-refractivity contribution in [1.82, 2.24) is 9.80 Å². The lowest BCUT2D eigenvalue weighted by atomic mass is 9.99. The smallest absolute Gasteiger partial charge is 0.338 e. The number of benzene rings is 1. The highest BCUT2D eigenvalue weighted by Gasteiger charge is 2.50. The standard InChI is InChI=1S/C19H25F3N2O/c1-23(2)12-13-7-5-6-10-24(13)18(25)16-11-15(16)14-8-3-4-9-17(14)19(20,21)22/h3-4,8-9,13,15-16H,5-7,10-12H2,1-2H3/t13-,15+,16-/m0/s1. The maximum Gasteiger partial charge on any atom is 0.416 e. The Bertz CT molecular complexity index is 629. The topological polar surface area (TPSA) is 23.6 Å². The minimum absolute atomic E-state index is 0.0357. The molecule has 1 aromatic carbocycles. The Labute approximate surface area is 146 Å². The van der Waals surface area contributed by atoms with E-state index in [0.717, 1.165) is 38.4 Å². The van der Waals surface area contributed by atoms with Crippen molar-refractivity contribution in [2.45, 2.75) is 43.8 Å². The molecule has 2 aliphatic rings. The van der Waals surface area contributed by atoms with Crippen LogP contribution in [-0.4, -0.2) is 48.9 Å². The molecule has 0 radical (unpaired) electrons. The number of halogens is 3. The van der Waals surface area contributed by atoms with Gasteiger partial charge in [-0.3, -0.25) is 4.79 Å². The molecule has 3 atom stereocenters. The van der Waals surface area contributed by atoms with E-state index in [0.29, 0.717) is 6.42 Å². The van der Waals surface area contributed by atoms with Gasteiger partial charge in [-0.1, -0.05) is 18.2 Å². The monoisotopic (exact) mass is 354 g/mol. The van der Waals surface area contributed by atoms with E-state index >= 15 is 0 Å². The highest BCUT2D eigenvalue weighted by atomic mass is 19.4. The molecule has 1 aromatic rings. The molecule has 1 saturated heterocycles. The van der Waals surface area contributed by atoms with Crippen molar-refractivity contribution in [3.8, 4) is 0 Å². The van der Waals surface area contributed by atoms with Crippen LogP contribution in [0.3, 0.4) is 0 Å². The average molecular weight is 354 g/mol. The summed E-state index contributed by atoms with van der Waals surface area (Å²) in [5.41, 5.74) is -0.326. The zero-order valence-electron chi connectivity index (χ0n) is 14.7. The van der Waals surface area contributed by atoms with Crippen LogP contribution in [0.4, 0.5) is 13.2 Å². The highest BCUT2D eigenvalue weighted by Crippen LogP contribution is 2.52. The number of likely N-dealkylation sites (N-methyl/N-ethyl adjacent to an activating group) is 1. The molecule has 0 aromatic heterocycles. The van der Waals surface area contributed by atoms with E-state index in [1.807, 2.05) is 19.0 Å². The summed E-state index contributed by atoms with van der Waals surface area (Å²) in [7, 11) is 3.97. The first-order chi connectivity index (χ1) is 11.8. The molecule has 3 nitrogen and oxygen atoms in total. The molecule has 0 spiro atoms. The fraction of sp³-hybridized carbons (Fsp3) is 0.632. The van der Waals surface area contributed by atoms with Gasteiger partial charge < -0.3 is 9.80 Å². The number of amides is 1. The first-order valence-electron chi connectivity index (χ1n) is 8.90. The second kappa shape index (κ2) is 6.98. The van der Waals surface area contributed by atoms with E-state index in [4.69, 9.17) is 0 Å². The van der Waals surface area contributed by atoms with Gasteiger partial charge in [-0.15, -0.1) is 0 Å². The van der Waals surface area contributed by atoms with E-state index in [1.54, 1.807) is 6.07 Å². The molecule has 25 heavy (non-hydrogen) atoms. The van der Waals surface area contributed by atoms with Crippen molar-refractivity contribution in [3.05, 3.63) is 35.4 Å². The van der Waals surface area contributed by atoms with E-state index < -0.39 is 11.7 Å². The summed E-state index contributed by atoms with van der Waals surface area (Å²) >= 11 is 0. The maximum atomic E-state index is 13.2. The summed E-state index contributed by atoms with van der Waals surface area (Å²) in [6.07, 6.45) is -0.789. The van der Waals surface area contributed by atoms with Gasteiger partial charge >= 0.3 is 6.18 Å². The van der Waals surface area contributed by atoms with Crippen LogP contribution in [0.2, 0.25) is 0 Å². The Morgan fingerprint density at radius 2 is 1.96 bits per heavy atom. The lowest BCUT2D eigenvalue weighted by Gasteiger charge is -2.37. The van der Waals surface area contributed by atoms with Gasteiger partial charge in [0.05, 0.1) is 5.56 Å². The molecule has 3 rings (SSSR count). The van der Waals surface area contributed by atoms with Crippen LogP contribution in [0, 0.1) is 5.92 Å². The molecule has 0 bridgehead atoms. The van der Waals surface area contributed by atoms with Gasteiger partial charge in [-0.2, -0.15) is 13.2 Å². The lowest BCUT2D eigenvalue weighted by Crippen LogP contribution is -2.49. The molecule has 1 saturated carbocycles. The van der Waals surface area contributed by atoms with Crippen molar-refractivity contribution in [1.29, 1.82) is 0 Å². The quantitative estimate of drug-likeness (QED) is 0.822. The van der Waals surface area contributed by atoms with Crippen molar-refractivity contribution in [2.75, 3.05) is 27.2 Å². The minimum Gasteiger partial charge on any atom is -0.338 e. The maximum absolute atomic E-state index is 13.2. The Balaban J connectivity index is 1.74. The third kappa shape index (κ3) is 4.00. The fourth-order valence-electron chi connectivity index (χ4n) is 4.01. The van der Waals surface area contributed by atoms with Crippen LogP contribution in [-0.2, 0) is 11.0 Å². The second-order valence-corrected chi connectivity index (χ2v) is 7.48. The van der Waals surface area contributed by atoms with Crippen LogP contribution >= 0.6 is 0 Å². The van der Waals surface area contributed by atoms with Crippen molar-refractivity contribution >= 4 is 5.91 Å². The zero-order valence-corrected chi connectivity index (χ0v) is 14.7. The predicted molar refractivity (Wildman–Crippen MR) is 90.2 cm³/mol. The average Bonchev–Trinajstić information content (AvgIpc) is 3.34. The molecule has 6 heteroatoms. The fourth-order valence-corrected chi connectivity index (χ4v) is 4.01. The van der Waals surface area contributed by atoms with E-state index in [-0.39, 0.29) is 29.3 Å². The summed E-state index contributed by atoms with van der Waals surface area (Å²) in [5, 5.41) is 0. The minimum atomic E-state index is -4.37.